The molecule has 0 unspecified atom stereocenters. The van der Waals surface area contributed by atoms with Gasteiger partial charge in [-0.3, -0.25) is 4.68 Å². The molecule has 0 amide bonds. The molecule has 3 rings (SSSR count). The van der Waals surface area contributed by atoms with Gasteiger partial charge in [0.1, 0.15) is 0 Å². The van der Waals surface area contributed by atoms with E-state index in [0.29, 0.717) is 17.4 Å². The monoisotopic (exact) mass is 419 g/mol. The van der Waals surface area contributed by atoms with E-state index >= 15 is 0 Å². The van der Waals surface area contributed by atoms with E-state index in [2.05, 4.69) is 25.8 Å². The third-order valence-electron chi connectivity index (χ3n) is 3.82. The largest absolute Gasteiger partial charge is 0.275 e. The van der Waals surface area contributed by atoms with Crippen LogP contribution in [0.1, 0.15) is 5.56 Å². The Hall–Kier alpha value is -1.96. The summed E-state index contributed by atoms with van der Waals surface area (Å²) in [5, 5.41) is 4.16. The van der Waals surface area contributed by atoms with E-state index in [9.17, 15) is 8.42 Å². The fourth-order valence-electron chi connectivity index (χ4n) is 2.50. The van der Waals surface area contributed by atoms with Crippen LogP contribution >= 0.6 is 15.9 Å². The smallest absolute Gasteiger partial charge is 0.241 e. The lowest BCUT2D eigenvalue weighted by Gasteiger charge is -2.08. The van der Waals surface area contributed by atoms with Crippen molar-refractivity contribution < 1.29 is 8.42 Å². The molecule has 2 aromatic carbocycles. The first-order chi connectivity index (χ1) is 12.0. The Balaban J connectivity index is 1.61. The minimum absolute atomic E-state index is 0.252. The Morgan fingerprint density at radius 1 is 1.08 bits per heavy atom. The summed E-state index contributed by atoms with van der Waals surface area (Å²) < 4.78 is 29.6. The van der Waals surface area contributed by atoms with Crippen LogP contribution in [0.15, 0.2) is 70.3 Å². The van der Waals surface area contributed by atoms with Crippen molar-refractivity contribution in [3.05, 3.63) is 71.0 Å². The third kappa shape index (κ3) is 4.36. The van der Waals surface area contributed by atoms with Gasteiger partial charge in [-0.2, -0.15) is 5.10 Å². The number of halogens is 1. The molecule has 0 fully saturated rings. The number of hydrogen-bond donors (Lipinski definition) is 1. The summed E-state index contributed by atoms with van der Waals surface area (Å²) in [6, 6.07) is 14.8. The molecule has 0 saturated heterocycles. The highest BCUT2D eigenvalue weighted by Gasteiger charge is 2.16. The number of nitrogens with one attached hydrogen (secondary N) is 1. The van der Waals surface area contributed by atoms with Gasteiger partial charge in [-0.25, -0.2) is 13.1 Å². The zero-order valence-electron chi connectivity index (χ0n) is 13.7. The van der Waals surface area contributed by atoms with Gasteiger partial charge in [-0.05, 0) is 45.6 Å². The number of aryl methyl sites for hydroxylation is 1. The molecule has 0 aliphatic carbocycles. The Bertz CT molecular complexity index is 966. The minimum Gasteiger partial charge on any atom is -0.275 e. The quantitative estimate of drug-likeness (QED) is 0.665. The van der Waals surface area contributed by atoms with Crippen molar-refractivity contribution in [2.75, 3.05) is 6.54 Å². The molecule has 7 heteroatoms. The van der Waals surface area contributed by atoms with Gasteiger partial charge in [0.05, 0.1) is 11.1 Å². The van der Waals surface area contributed by atoms with Crippen LogP contribution in [0.4, 0.5) is 0 Å². The van der Waals surface area contributed by atoms with Crippen LogP contribution in [0.2, 0.25) is 0 Å². The average Bonchev–Trinajstić information content (AvgIpc) is 3.02. The standard InChI is InChI=1S/C18H18BrN3O2S/c1-22-13-16(12-20-22)15-8-6-14(7-9-15)10-11-21-25(23,24)18-5-3-2-4-17(18)19/h2-9,12-13,21H,10-11H2,1H3. The first kappa shape index (κ1) is 17.8. The van der Waals surface area contributed by atoms with E-state index in [0.717, 1.165) is 16.7 Å². The number of nitrogens with zero attached hydrogens (tertiary/aromatic N) is 2. The molecule has 1 aromatic heterocycles. The SMILES string of the molecule is Cn1cc(-c2ccc(CCNS(=O)(=O)c3ccccc3Br)cc2)cn1. The summed E-state index contributed by atoms with van der Waals surface area (Å²) in [4.78, 5) is 0.252. The summed E-state index contributed by atoms with van der Waals surface area (Å²) in [5.74, 6) is 0. The van der Waals surface area contributed by atoms with Crippen LogP contribution in [0.25, 0.3) is 11.1 Å². The highest BCUT2D eigenvalue weighted by molar-refractivity contribution is 9.10. The highest BCUT2D eigenvalue weighted by Crippen LogP contribution is 2.21. The summed E-state index contributed by atoms with van der Waals surface area (Å²) in [7, 11) is -1.63. The van der Waals surface area contributed by atoms with E-state index < -0.39 is 10.0 Å². The third-order valence-corrected chi connectivity index (χ3v) is 6.30. The van der Waals surface area contributed by atoms with Gasteiger partial charge in [0, 0.05) is 29.8 Å². The molecule has 0 spiro atoms. The average molecular weight is 420 g/mol. The normalized spacial score (nSPS) is 11.6. The first-order valence-electron chi connectivity index (χ1n) is 7.78. The molecule has 3 aromatic rings. The molecule has 0 atom stereocenters. The summed E-state index contributed by atoms with van der Waals surface area (Å²) >= 11 is 3.27. The second-order valence-corrected chi connectivity index (χ2v) is 8.27. The zero-order valence-corrected chi connectivity index (χ0v) is 16.1. The molecule has 1 N–H and O–H groups in total. The first-order valence-corrected chi connectivity index (χ1v) is 10.1. The fraction of sp³-hybridized carbons (Fsp3) is 0.167. The molecule has 0 bridgehead atoms. The molecule has 0 radical (unpaired) electrons. The van der Waals surface area contributed by atoms with Crippen molar-refractivity contribution in [2.45, 2.75) is 11.3 Å². The summed E-state index contributed by atoms with van der Waals surface area (Å²) in [6.07, 6.45) is 4.40. The number of sulfonamides is 1. The van der Waals surface area contributed by atoms with Gasteiger partial charge in [0.2, 0.25) is 10.0 Å². The van der Waals surface area contributed by atoms with Crippen molar-refractivity contribution >= 4 is 26.0 Å². The Kier molecular flexibility index (Phi) is 5.36. The van der Waals surface area contributed by atoms with Crippen LogP contribution in [-0.2, 0) is 23.5 Å². The van der Waals surface area contributed by atoms with E-state index in [-0.39, 0.29) is 4.90 Å². The van der Waals surface area contributed by atoms with E-state index in [1.807, 2.05) is 43.7 Å². The van der Waals surface area contributed by atoms with Gasteiger partial charge in [0.25, 0.3) is 0 Å². The zero-order chi connectivity index (χ0) is 17.9. The minimum atomic E-state index is -3.52. The maximum Gasteiger partial charge on any atom is 0.241 e. The number of benzene rings is 2. The van der Waals surface area contributed by atoms with Gasteiger partial charge in [-0.1, -0.05) is 36.4 Å². The van der Waals surface area contributed by atoms with Crippen LogP contribution in [0.5, 0.6) is 0 Å². The maximum absolute atomic E-state index is 12.3. The summed E-state index contributed by atoms with van der Waals surface area (Å²) in [5.41, 5.74) is 3.22. The van der Waals surface area contributed by atoms with Crippen LogP contribution < -0.4 is 4.72 Å². The summed E-state index contributed by atoms with van der Waals surface area (Å²) in [6.45, 7) is 0.343. The molecule has 0 saturated carbocycles. The van der Waals surface area contributed by atoms with E-state index in [4.69, 9.17) is 0 Å². The van der Waals surface area contributed by atoms with Crippen LogP contribution in [-0.4, -0.2) is 24.7 Å². The Labute approximate surface area is 155 Å². The van der Waals surface area contributed by atoms with Crippen LogP contribution in [0, 0.1) is 0 Å². The predicted molar refractivity (Wildman–Crippen MR) is 102 cm³/mol. The van der Waals surface area contributed by atoms with Gasteiger partial charge >= 0.3 is 0 Å². The molecule has 5 nitrogen and oxygen atoms in total. The topological polar surface area (TPSA) is 64.0 Å². The lowest BCUT2D eigenvalue weighted by atomic mass is 10.1. The van der Waals surface area contributed by atoms with E-state index in [1.54, 1.807) is 28.9 Å². The second-order valence-electron chi connectivity index (χ2n) is 5.68. The molecule has 0 aliphatic rings. The van der Waals surface area contributed by atoms with Crippen LogP contribution in [0.3, 0.4) is 0 Å². The number of rotatable bonds is 6. The van der Waals surface area contributed by atoms with Crippen molar-refractivity contribution in [3.8, 4) is 11.1 Å². The number of aromatic nitrogens is 2. The molecule has 130 valence electrons. The maximum atomic E-state index is 12.3. The van der Waals surface area contributed by atoms with Crippen molar-refractivity contribution in [3.63, 3.8) is 0 Å². The van der Waals surface area contributed by atoms with Gasteiger partial charge in [0.15, 0.2) is 0 Å². The fourth-order valence-corrected chi connectivity index (χ4v) is 4.54. The van der Waals surface area contributed by atoms with Gasteiger partial charge in [-0.15, -0.1) is 0 Å². The lowest BCUT2D eigenvalue weighted by molar-refractivity contribution is 0.581. The molecular weight excluding hydrogens is 402 g/mol. The Morgan fingerprint density at radius 3 is 2.44 bits per heavy atom. The Morgan fingerprint density at radius 2 is 1.80 bits per heavy atom. The molecule has 0 aliphatic heterocycles. The lowest BCUT2D eigenvalue weighted by Crippen LogP contribution is -2.26. The second kappa shape index (κ2) is 7.51. The molecule has 25 heavy (non-hydrogen) atoms. The van der Waals surface area contributed by atoms with Crippen molar-refractivity contribution in [1.29, 1.82) is 0 Å². The van der Waals surface area contributed by atoms with Gasteiger partial charge < -0.3 is 0 Å². The van der Waals surface area contributed by atoms with E-state index in [1.165, 1.54) is 0 Å². The molecule has 1 heterocycles. The highest BCUT2D eigenvalue weighted by atomic mass is 79.9. The predicted octanol–water partition coefficient (Wildman–Crippen LogP) is 3.37. The molecular formula is C18H18BrN3O2S. The number of hydrogen-bond acceptors (Lipinski definition) is 3. The van der Waals surface area contributed by atoms with Crippen molar-refractivity contribution in [2.24, 2.45) is 7.05 Å². The van der Waals surface area contributed by atoms with Crippen molar-refractivity contribution in [1.82, 2.24) is 14.5 Å².